The van der Waals surface area contributed by atoms with E-state index in [1.807, 2.05) is 0 Å². The SMILES string of the molecule is O=C(O)CCCNC(=O)Cn1ccc(-c2cc(Cl)c(Cl)c3[nH]c4c(c23)CN(C(=O)CO)CC4)n1. The van der Waals surface area contributed by atoms with Crippen molar-refractivity contribution in [1.29, 1.82) is 0 Å². The molecule has 0 spiro atoms. The minimum Gasteiger partial charge on any atom is -0.481 e. The third-order valence-electron chi connectivity index (χ3n) is 5.74. The van der Waals surface area contributed by atoms with E-state index in [-0.39, 0.29) is 31.3 Å². The average molecular weight is 508 g/mol. The van der Waals surface area contributed by atoms with Gasteiger partial charge in [-0.1, -0.05) is 23.2 Å². The van der Waals surface area contributed by atoms with Gasteiger partial charge in [-0.25, -0.2) is 0 Å². The number of halogens is 2. The van der Waals surface area contributed by atoms with Gasteiger partial charge in [0.25, 0.3) is 0 Å². The van der Waals surface area contributed by atoms with Crippen molar-refractivity contribution in [3.63, 3.8) is 0 Å². The molecule has 2 amide bonds. The number of carbonyl (C=O) groups excluding carboxylic acids is 2. The van der Waals surface area contributed by atoms with E-state index in [1.54, 1.807) is 23.2 Å². The lowest BCUT2D eigenvalue weighted by molar-refractivity contribution is -0.137. The van der Waals surface area contributed by atoms with Crippen molar-refractivity contribution in [3.05, 3.63) is 39.6 Å². The number of aromatic amines is 1. The monoisotopic (exact) mass is 507 g/mol. The minimum atomic E-state index is -0.908. The highest BCUT2D eigenvalue weighted by molar-refractivity contribution is 6.45. The summed E-state index contributed by atoms with van der Waals surface area (Å²) in [6.45, 7) is 0.488. The molecular weight excluding hydrogens is 485 g/mol. The molecule has 0 aliphatic carbocycles. The molecule has 0 bridgehead atoms. The molecule has 0 saturated carbocycles. The molecule has 180 valence electrons. The predicted octanol–water partition coefficient (Wildman–Crippen LogP) is 2.20. The van der Waals surface area contributed by atoms with Gasteiger partial charge in [0, 0.05) is 60.9 Å². The number of aromatic nitrogens is 3. The second-order valence-corrected chi connectivity index (χ2v) is 8.81. The number of hydrogen-bond acceptors (Lipinski definition) is 5. The zero-order valence-electron chi connectivity index (χ0n) is 18.1. The average Bonchev–Trinajstić information content (AvgIpc) is 3.43. The van der Waals surface area contributed by atoms with Crippen LogP contribution in [0.5, 0.6) is 0 Å². The fourth-order valence-corrected chi connectivity index (χ4v) is 4.52. The van der Waals surface area contributed by atoms with Gasteiger partial charge < -0.3 is 25.4 Å². The van der Waals surface area contributed by atoms with Crippen LogP contribution in [0.25, 0.3) is 22.2 Å². The zero-order chi connectivity index (χ0) is 24.4. The number of aliphatic hydroxyl groups excluding tert-OH is 1. The van der Waals surface area contributed by atoms with Gasteiger partial charge in [0.05, 0.1) is 21.3 Å². The molecule has 4 rings (SSSR count). The Kier molecular flexibility index (Phi) is 7.11. The Morgan fingerprint density at radius 1 is 1.26 bits per heavy atom. The number of aliphatic carboxylic acids is 1. The van der Waals surface area contributed by atoms with Gasteiger partial charge in [-0.3, -0.25) is 19.1 Å². The highest BCUT2D eigenvalue weighted by atomic mass is 35.5. The van der Waals surface area contributed by atoms with Crippen LogP contribution in [-0.2, 0) is 33.9 Å². The van der Waals surface area contributed by atoms with Gasteiger partial charge in [-0.15, -0.1) is 0 Å². The Bertz CT molecular complexity index is 1270. The van der Waals surface area contributed by atoms with Gasteiger partial charge in [0.2, 0.25) is 11.8 Å². The summed E-state index contributed by atoms with van der Waals surface area (Å²) in [5, 5.41) is 26.6. The second-order valence-electron chi connectivity index (χ2n) is 8.02. The molecule has 0 fully saturated rings. The van der Waals surface area contributed by atoms with E-state index in [1.165, 1.54) is 4.68 Å². The van der Waals surface area contributed by atoms with Crippen molar-refractivity contribution in [1.82, 2.24) is 25.0 Å². The van der Waals surface area contributed by atoms with Crippen LogP contribution in [0, 0.1) is 0 Å². The normalized spacial score (nSPS) is 13.2. The summed E-state index contributed by atoms with van der Waals surface area (Å²) in [5.74, 6) is -1.54. The highest BCUT2D eigenvalue weighted by Gasteiger charge is 2.27. The van der Waals surface area contributed by atoms with Crippen LogP contribution in [0.15, 0.2) is 18.3 Å². The van der Waals surface area contributed by atoms with Crippen LogP contribution in [0.1, 0.15) is 24.1 Å². The smallest absolute Gasteiger partial charge is 0.303 e. The molecule has 0 radical (unpaired) electrons. The van der Waals surface area contributed by atoms with E-state index < -0.39 is 12.6 Å². The molecule has 0 unspecified atom stereocenters. The maximum Gasteiger partial charge on any atom is 0.303 e. The van der Waals surface area contributed by atoms with Crippen LogP contribution in [0.3, 0.4) is 0 Å². The number of nitrogens with zero attached hydrogens (tertiary/aromatic N) is 3. The first-order valence-electron chi connectivity index (χ1n) is 10.7. The van der Waals surface area contributed by atoms with Gasteiger partial charge in [0.1, 0.15) is 13.2 Å². The third kappa shape index (κ3) is 4.89. The molecular formula is C22H23Cl2N5O5. The van der Waals surface area contributed by atoms with Crippen molar-refractivity contribution in [3.8, 4) is 11.3 Å². The van der Waals surface area contributed by atoms with Gasteiger partial charge in [-0.2, -0.15) is 5.10 Å². The predicted molar refractivity (Wildman–Crippen MR) is 126 cm³/mol. The van der Waals surface area contributed by atoms with Crippen LogP contribution >= 0.6 is 23.2 Å². The van der Waals surface area contributed by atoms with E-state index in [9.17, 15) is 19.5 Å². The first kappa shape index (κ1) is 24.1. The number of amides is 2. The first-order valence-corrected chi connectivity index (χ1v) is 11.5. The van der Waals surface area contributed by atoms with Gasteiger partial charge in [-0.05, 0) is 18.6 Å². The Balaban J connectivity index is 1.61. The Morgan fingerprint density at radius 3 is 2.79 bits per heavy atom. The Hall–Kier alpha value is -3.08. The van der Waals surface area contributed by atoms with Crippen molar-refractivity contribution in [2.45, 2.75) is 32.4 Å². The van der Waals surface area contributed by atoms with Crippen molar-refractivity contribution >= 4 is 51.9 Å². The standard InChI is InChI=1S/C22H23Cl2N5O5/c23-14-8-12(16-4-7-29(27-16)10-17(31)25-5-1-2-19(33)34)20-13-9-28(18(32)11-30)6-3-15(13)26-22(20)21(14)24/h4,7-8,26,30H,1-3,5-6,9-11H2,(H,25,31)(H,33,34). The van der Waals surface area contributed by atoms with Crippen molar-refractivity contribution in [2.75, 3.05) is 19.7 Å². The fourth-order valence-electron chi connectivity index (χ4n) is 4.12. The lowest BCUT2D eigenvalue weighted by Crippen LogP contribution is -2.37. The number of carboxylic acids is 1. The third-order valence-corrected chi connectivity index (χ3v) is 6.53. The first-order chi connectivity index (χ1) is 16.3. The van der Waals surface area contributed by atoms with E-state index in [2.05, 4.69) is 15.4 Å². The number of H-pyrrole nitrogens is 1. The van der Waals surface area contributed by atoms with Crippen molar-refractivity contribution in [2.24, 2.45) is 0 Å². The van der Waals surface area contributed by atoms with Crippen LogP contribution in [0.2, 0.25) is 10.0 Å². The van der Waals surface area contributed by atoms with E-state index in [4.69, 9.17) is 28.3 Å². The molecule has 3 heterocycles. The molecule has 0 saturated heterocycles. The summed E-state index contributed by atoms with van der Waals surface area (Å²) in [5.41, 5.74) is 3.78. The molecule has 34 heavy (non-hydrogen) atoms. The molecule has 2 aromatic heterocycles. The maximum absolute atomic E-state index is 12.2. The van der Waals surface area contributed by atoms with E-state index in [0.717, 1.165) is 16.6 Å². The fraction of sp³-hybridized carbons (Fsp3) is 0.364. The molecule has 1 aliphatic heterocycles. The summed E-state index contributed by atoms with van der Waals surface area (Å²) in [6.07, 6.45) is 2.59. The molecule has 3 aromatic rings. The summed E-state index contributed by atoms with van der Waals surface area (Å²) < 4.78 is 1.48. The molecule has 0 atom stereocenters. The summed E-state index contributed by atoms with van der Waals surface area (Å²) >= 11 is 12.9. The number of carbonyl (C=O) groups is 3. The number of fused-ring (bicyclic) bond motifs is 3. The number of hydrogen-bond donors (Lipinski definition) is 4. The number of aliphatic hydroxyl groups is 1. The highest BCUT2D eigenvalue weighted by Crippen LogP contribution is 2.41. The zero-order valence-corrected chi connectivity index (χ0v) is 19.6. The topological polar surface area (TPSA) is 141 Å². The second kappa shape index (κ2) is 10.0. The minimum absolute atomic E-state index is 0.0121. The lowest BCUT2D eigenvalue weighted by atomic mass is 9.99. The number of rotatable bonds is 8. The molecule has 1 aliphatic rings. The quantitative estimate of drug-likeness (QED) is 0.344. The summed E-state index contributed by atoms with van der Waals surface area (Å²) in [4.78, 5) is 39.7. The molecule has 4 N–H and O–H groups in total. The number of benzene rings is 1. The van der Waals surface area contributed by atoms with Gasteiger partial charge in [0.15, 0.2) is 0 Å². The lowest BCUT2D eigenvalue weighted by Gasteiger charge is -2.26. The number of nitrogens with one attached hydrogen (secondary N) is 2. The summed E-state index contributed by atoms with van der Waals surface area (Å²) in [7, 11) is 0. The Labute approximate surface area is 204 Å². The van der Waals surface area contributed by atoms with Gasteiger partial charge >= 0.3 is 5.97 Å². The van der Waals surface area contributed by atoms with E-state index in [0.29, 0.717) is 52.8 Å². The molecule has 1 aromatic carbocycles. The molecule has 12 heteroatoms. The van der Waals surface area contributed by atoms with Crippen molar-refractivity contribution < 1.29 is 24.6 Å². The van der Waals surface area contributed by atoms with Crippen LogP contribution in [0.4, 0.5) is 0 Å². The Morgan fingerprint density at radius 2 is 2.06 bits per heavy atom. The maximum atomic E-state index is 12.2. The number of carboxylic acid groups (broad SMARTS) is 1. The summed E-state index contributed by atoms with van der Waals surface area (Å²) in [6, 6.07) is 3.47. The van der Waals surface area contributed by atoms with Crippen LogP contribution < -0.4 is 5.32 Å². The van der Waals surface area contributed by atoms with E-state index >= 15 is 0 Å². The largest absolute Gasteiger partial charge is 0.481 e. The van der Waals surface area contributed by atoms with Crippen LogP contribution in [-0.4, -0.2) is 67.4 Å². The molecule has 10 nitrogen and oxygen atoms in total.